The van der Waals surface area contributed by atoms with Gasteiger partial charge >= 0.3 is 10.1 Å². The van der Waals surface area contributed by atoms with Gasteiger partial charge in [-0.3, -0.25) is 9.69 Å². The fourth-order valence-electron chi connectivity index (χ4n) is 2.25. The van der Waals surface area contributed by atoms with Crippen molar-refractivity contribution in [3.63, 3.8) is 0 Å². The van der Waals surface area contributed by atoms with E-state index in [1.807, 2.05) is 0 Å². The first kappa shape index (κ1) is 18.9. The average Bonchev–Trinajstić information content (AvgIpc) is 2.82. The van der Waals surface area contributed by atoms with Crippen LogP contribution in [0.3, 0.4) is 0 Å². The topological polar surface area (TPSA) is 63.7 Å². The highest BCUT2D eigenvalue weighted by Crippen LogP contribution is 2.36. The van der Waals surface area contributed by atoms with Gasteiger partial charge in [-0.05, 0) is 42.0 Å². The normalized spacial score (nSPS) is 16.4. The fourth-order valence-corrected chi connectivity index (χ4v) is 4.20. The van der Waals surface area contributed by atoms with Gasteiger partial charge in [0.1, 0.15) is 5.75 Å². The van der Waals surface area contributed by atoms with E-state index in [4.69, 9.17) is 28.0 Å². The largest absolute Gasteiger partial charge is 0.383 e. The Bertz CT molecular complexity index is 1020. The fraction of sp³-hybridized carbons (Fsp3) is 0.0588. The van der Waals surface area contributed by atoms with E-state index < -0.39 is 10.1 Å². The highest BCUT2D eigenvalue weighted by atomic mass is 35.5. The molecular weight excluding hydrogens is 414 g/mol. The summed E-state index contributed by atoms with van der Waals surface area (Å²) in [6, 6.07) is 13.3. The van der Waals surface area contributed by atoms with Crippen molar-refractivity contribution in [2.24, 2.45) is 0 Å². The summed E-state index contributed by atoms with van der Waals surface area (Å²) in [4.78, 5) is 14.6. The van der Waals surface area contributed by atoms with Crippen LogP contribution in [-0.2, 0) is 14.9 Å². The number of amides is 1. The molecule has 1 fully saturated rings. The monoisotopic (exact) mass is 425 g/mol. The van der Waals surface area contributed by atoms with Crippen LogP contribution < -0.4 is 9.08 Å². The molecule has 2 aromatic rings. The highest BCUT2D eigenvalue weighted by molar-refractivity contribution is 8.27. The van der Waals surface area contributed by atoms with Gasteiger partial charge in [0, 0.05) is 5.02 Å². The SMILES string of the molecule is CS(=O)(=O)Oc1ccc(C=C2SC(=S)N(c3cccc(Cl)c3)C2=O)cc1. The van der Waals surface area contributed by atoms with Crippen molar-refractivity contribution in [1.29, 1.82) is 0 Å². The summed E-state index contributed by atoms with van der Waals surface area (Å²) in [5.74, 6) is -0.0325. The van der Waals surface area contributed by atoms with Gasteiger partial charge in [-0.15, -0.1) is 0 Å². The second kappa shape index (κ2) is 7.40. The van der Waals surface area contributed by atoms with Gasteiger partial charge in [0.15, 0.2) is 4.32 Å². The molecule has 0 aromatic heterocycles. The predicted molar refractivity (Wildman–Crippen MR) is 109 cm³/mol. The van der Waals surface area contributed by atoms with Crippen molar-refractivity contribution in [2.45, 2.75) is 0 Å². The molecule has 9 heteroatoms. The summed E-state index contributed by atoms with van der Waals surface area (Å²) in [7, 11) is -3.58. The van der Waals surface area contributed by atoms with Gasteiger partial charge in [-0.1, -0.05) is 53.8 Å². The molecule has 26 heavy (non-hydrogen) atoms. The Morgan fingerprint density at radius 1 is 1.19 bits per heavy atom. The number of rotatable bonds is 4. The third kappa shape index (κ3) is 4.45. The molecule has 0 saturated carbocycles. The molecule has 0 aliphatic carbocycles. The Labute approximate surface area is 165 Å². The molecule has 134 valence electrons. The Morgan fingerprint density at radius 2 is 1.88 bits per heavy atom. The van der Waals surface area contributed by atoms with Crippen LogP contribution in [0.5, 0.6) is 5.75 Å². The van der Waals surface area contributed by atoms with Crippen molar-refractivity contribution in [2.75, 3.05) is 11.2 Å². The summed E-state index contributed by atoms with van der Waals surface area (Å²) in [5.41, 5.74) is 1.33. The minimum absolute atomic E-state index is 0.205. The molecule has 0 atom stereocenters. The second-order valence-corrected chi connectivity index (χ2v) is 9.04. The van der Waals surface area contributed by atoms with Crippen LogP contribution in [0.25, 0.3) is 6.08 Å². The lowest BCUT2D eigenvalue weighted by Gasteiger charge is -2.14. The van der Waals surface area contributed by atoms with Gasteiger partial charge in [0.05, 0.1) is 16.8 Å². The number of anilines is 1. The first-order chi connectivity index (χ1) is 12.2. The van der Waals surface area contributed by atoms with E-state index in [-0.39, 0.29) is 11.7 Å². The zero-order valence-corrected chi connectivity index (χ0v) is 16.6. The lowest BCUT2D eigenvalue weighted by Crippen LogP contribution is -2.27. The molecule has 1 aliphatic heterocycles. The summed E-state index contributed by atoms with van der Waals surface area (Å²) < 4.78 is 27.5. The molecule has 1 amide bonds. The van der Waals surface area contributed by atoms with E-state index in [0.717, 1.165) is 11.8 Å². The molecule has 1 aliphatic rings. The number of halogens is 1. The van der Waals surface area contributed by atoms with Crippen molar-refractivity contribution >= 4 is 67.7 Å². The molecule has 0 N–H and O–H groups in total. The van der Waals surface area contributed by atoms with Crippen LogP contribution in [0, 0.1) is 0 Å². The third-order valence-electron chi connectivity index (χ3n) is 3.29. The molecule has 0 radical (unpaired) electrons. The maximum atomic E-state index is 12.7. The summed E-state index contributed by atoms with van der Waals surface area (Å²) in [6.45, 7) is 0. The number of thiocarbonyl (C=S) groups is 1. The van der Waals surface area contributed by atoms with Crippen LogP contribution in [0.2, 0.25) is 5.02 Å². The van der Waals surface area contributed by atoms with Gasteiger partial charge in [-0.25, -0.2) is 0 Å². The van der Waals surface area contributed by atoms with E-state index in [1.165, 1.54) is 28.8 Å². The molecule has 1 saturated heterocycles. The molecule has 5 nitrogen and oxygen atoms in total. The number of carbonyl (C=O) groups is 1. The van der Waals surface area contributed by atoms with E-state index in [1.54, 1.807) is 42.5 Å². The number of benzene rings is 2. The first-order valence-electron chi connectivity index (χ1n) is 7.26. The Hall–Kier alpha value is -1.87. The number of thioether (sulfide) groups is 1. The summed E-state index contributed by atoms with van der Waals surface area (Å²) in [6.07, 6.45) is 2.66. The summed E-state index contributed by atoms with van der Waals surface area (Å²) in [5, 5.41) is 0.516. The van der Waals surface area contributed by atoms with Crippen LogP contribution in [0.15, 0.2) is 53.4 Å². The van der Waals surface area contributed by atoms with E-state index in [0.29, 0.717) is 19.9 Å². The van der Waals surface area contributed by atoms with Crippen LogP contribution >= 0.6 is 35.6 Å². The maximum Gasteiger partial charge on any atom is 0.306 e. The van der Waals surface area contributed by atoms with Gasteiger partial charge in [0.2, 0.25) is 0 Å². The van der Waals surface area contributed by atoms with Crippen LogP contribution in [-0.4, -0.2) is 24.9 Å². The quantitative estimate of drug-likeness (QED) is 0.417. The lowest BCUT2D eigenvalue weighted by atomic mass is 10.2. The van der Waals surface area contributed by atoms with Crippen molar-refractivity contribution in [3.8, 4) is 5.75 Å². The first-order valence-corrected chi connectivity index (χ1v) is 10.7. The number of hydrogen-bond donors (Lipinski definition) is 0. The number of carbonyl (C=O) groups excluding carboxylic acids is 1. The highest BCUT2D eigenvalue weighted by Gasteiger charge is 2.33. The molecule has 0 spiro atoms. The molecule has 2 aromatic carbocycles. The van der Waals surface area contributed by atoms with E-state index in [2.05, 4.69) is 0 Å². The van der Waals surface area contributed by atoms with Crippen molar-refractivity contribution < 1.29 is 17.4 Å². The zero-order valence-electron chi connectivity index (χ0n) is 13.4. The van der Waals surface area contributed by atoms with Crippen molar-refractivity contribution in [1.82, 2.24) is 0 Å². The molecule has 0 unspecified atom stereocenters. The average molecular weight is 426 g/mol. The zero-order chi connectivity index (χ0) is 18.9. The van der Waals surface area contributed by atoms with Crippen LogP contribution in [0.1, 0.15) is 5.56 Å². The standard InChI is InChI=1S/C17H12ClNO4S3/c1-26(21,22)23-14-7-5-11(6-8-14)9-15-16(20)19(17(24)25-15)13-4-2-3-12(18)10-13/h2-10H,1H3. The molecular formula is C17H12ClNO4S3. The molecule has 0 bridgehead atoms. The summed E-state index contributed by atoms with van der Waals surface area (Å²) >= 11 is 12.5. The Kier molecular flexibility index (Phi) is 5.38. The second-order valence-electron chi connectivity index (χ2n) is 5.35. The smallest absolute Gasteiger partial charge is 0.306 e. The van der Waals surface area contributed by atoms with Gasteiger partial charge in [0.25, 0.3) is 5.91 Å². The maximum absolute atomic E-state index is 12.7. The Balaban J connectivity index is 1.84. The third-order valence-corrected chi connectivity index (χ3v) is 5.32. The minimum Gasteiger partial charge on any atom is -0.383 e. The lowest BCUT2D eigenvalue weighted by molar-refractivity contribution is -0.113. The van der Waals surface area contributed by atoms with Crippen molar-refractivity contribution in [3.05, 3.63) is 64.0 Å². The van der Waals surface area contributed by atoms with E-state index in [9.17, 15) is 13.2 Å². The predicted octanol–water partition coefficient (Wildman–Crippen LogP) is 4.08. The van der Waals surface area contributed by atoms with E-state index >= 15 is 0 Å². The van der Waals surface area contributed by atoms with Gasteiger partial charge < -0.3 is 4.18 Å². The minimum atomic E-state index is -3.58. The Morgan fingerprint density at radius 3 is 2.50 bits per heavy atom. The number of hydrogen-bond acceptors (Lipinski definition) is 6. The van der Waals surface area contributed by atoms with Gasteiger partial charge in [-0.2, -0.15) is 8.42 Å². The van der Waals surface area contributed by atoms with Crippen LogP contribution in [0.4, 0.5) is 5.69 Å². The molecule has 1 heterocycles. The number of nitrogens with zero attached hydrogens (tertiary/aromatic N) is 1. The molecule has 3 rings (SSSR count).